The monoisotopic (exact) mass is 314 g/mol. The molecule has 4 heteroatoms. The molecule has 100 valence electrons. The van der Waals surface area contributed by atoms with Crippen molar-refractivity contribution in [2.24, 2.45) is 0 Å². The van der Waals surface area contributed by atoms with Crippen molar-refractivity contribution in [1.29, 1.82) is 0 Å². The van der Waals surface area contributed by atoms with Gasteiger partial charge in [0.1, 0.15) is 5.75 Å². The molecule has 0 aromatic heterocycles. The molecule has 0 saturated carbocycles. The van der Waals surface area contributed by atoms with Gasteiger partial charge in [-0.1, -0.05) is 22.0 Å². The largest absolute Gasteiger partial charge is 0.497 e. The Morgan fingerprint density at radius 1 is 1.56 bits per heavy atom. The van der Waals surface area contributed by atoms with Crippen molar-refractivity contribution in [2.75, 3.05) is 13.7 Å². The molecule has 0 radical (unpaired) electrons. The molecule has 0 spiro atoms. The number of hydrogen-bond donors (Lipinski definition) is 1. The second-order valence-corrected chi connectivity index (χ2v) is 5.47. The molecule has 2 atom stereocenters. The second kappa shape index (κ2) is 6.55. The number of halogens is 1. The zero-order valence-electron chi connectivity index (χ0n) is 10.6. The SMILES string of the molecule is COc1ccc(C(O)CCC2CCCO2)c(Br)c1. The smallest absolute Gasteiger partial charge is 0.120 e. The van der Waals surface area contributed by atoms with Crippen LogP contribution >= 0.6 is 15.9 Å². The van der Waals surface area contributed by atoms with E-state index in [0.717, 1.165) is 48.1 Å². The number of methoxy groups -OCH3 is 1. The van der Waals surface area contributed by atoms with Gasteiger partial charge in [-0.05, 0) is 43.4 Å². The molecule has 1 heterocycles. The zero-order chi connectivity index (χ0) is 13.0. The molecule has 3 nitrogen and oxygen atoms in total. The molecule has 1 aromatic carbocycles. The first kappa shape index (κ1) is 13.8. The molecule has 18 heavy (non-hydrogen) atoms. The van der Waals surface area contributed by atoms with Crippen LogP contribution in [0.5, 0.6) is 5.75 Å². The lowest BCUT2D eigenvalue weighted by Crippen LogP contribution is -2.08. The summed E-state index contributed by atoms with van der Waals surface area (Å²) < 4.78 is 11.6. The van der Waals surface area contributed by atoms with E-state index in [4.69, 9.17) is 9.47 Å². The number of aliphatic hydroxyl groups excluding tert-OH is 1. The molecule has 2 unspecified atom stereocenters. The molecule has 0 aliphatic carbocycles. The number of benzene rings is 1. The van der Waals surface area contributed by atoms with E-state index in [1.54, 1.807) is 7.11 Å². The van der Waals surface area contributed by atoms with E-state index in [9.17, 15) is 5.11 Å². The standard InChI is InChI=1S/C14H19BrO3/c1-17-11-4-6-12(13(15)9-11)14(16)7-5-10-3-2-8-18-10/h4,6,9-10,14,16H,2-3,5,7-8H2,1H3. The Kier molecular flexibility index (Phi) is 5.03. The molecule has 1 aromatic rings. The molecule has 0 amide bonds. The lowest BCUT2D eigenvalue weighted by Gasteiger charge is -2.16. The average Bonchev–Trinajstić information content (AvgIpc) is 2.88. The summed E-state index contributed by atoms with van der Waals surface area (Å²) in [5.74, 6) is 0.789. The summed E-state index contributed by atoms with van der Waals surface area (Å²) in [6.07, 6.45) is 3.80. The van der Waals surface area contributed by atoms with Gasteiger partial charge in [0, 0.05) is 11.1 Å². The first-order chi connectivity index (χ1) is 8.70. The third-order valence-corrected chi connectivity index (χ3v) is 4.04. The van der Waals surface area contributed by atoms with Crippen LogP contribution in [0.2, 0.25) is 0 Å². The molecule has 0 bridgehead atoms. The van der Waals surface area contributed by atoms with Gasteiger partial charge in [-0.3, -0.25) is 0 Å². The molecule has 1 saturated heterocycles. The van der Waals surface area contributed by atoms with Crippen LogP contribution in [0, 0.1) is 0 Å². The van der Waals surface area contributed by atoms with Crippen LogP contribution in [0.3, 0.4) is 0 Å². The van der Waals surface area contributed by atoms with Crippen molar-refractivity contribution < 1.29 is 14.6 Å². The van der Waals surface area contributed by atoms with Gasteiger partial charge in [0.05, 0.1) is 19.3 Å². The van der Waals surface area contributed by atoms with Crippen LogP contribution in [0.1, 0.15) is 37.4 Å². The highest BCUT2D eigenvalue weighted by molar-refractivity contribution is 9.10. The third kappa shape index (κ3) is 3.46. The summed E-state index contributed by atoms with van der Waals surface area (Å²) in [6, 6.07) is 5.66. The van der Waals surface area contributed by atoms with Crippen LogP contribution in [-0.4, -0.2) is 24.9 Å². The first-order valence-corrected chi connectivity index (χ1v) is 7.13. The van der Waals surface area contributed by atoms with Crippen LogP contribution in [0.25, 0.3) is 0 Å². The minimum absolute atomic E-state index is 0.330. The van der Waals surface area contributed by atoms with Gasteiger partial charge < -0.3 is 14.6 Å². The van der Waals surface area contributed by atoms with Crippen LogP contribution < -0.4 is 4.74 Å². The van der Waals surface area contributed by atoms with Gasteiger partial charge in [0.15, 0.2) is 0 Å². The van der Waals surface area contributed by atoms with Crippen molar-refractivity contribution in [3.63, 3.8) is 0 Å². The fraction of sp³-hybridized carbons (Fsp3) is 0.571. The lowest BCUT2D eigenvalue weighted by molar-refractivity contribution is 0.0810. The Morgan fingerprint density at radius 3 is 3.00 bits per heavy atom. The second-order valence-electron chi connectivity index (χ2n) is 4.62. The highest BCUT2D eigenvalue weighted by Gasteiger charge is 2.18. The zero-order valence-corrected chi connectivity index (χ0v) is 12.1. The Balaban J connectivity index is 1.93. The van der Waals surface area contributed by atoms with E-state index in [0.29, 0.717) is 6.10 Å². The fourth-order valence-electron chi connectivity index (χ4n) is 2.28. The Labute approximate surface area is 116 Å². The predicted molar refractivity (Wildman–Crippen MR) is 73.9 cm³/mol. The van der Waals surface area contributed by atoms with Crippen molar-refractivity contribution in [2.45, 2.75) is 37.9 Å². The van der Waals surface area contributed by atoms with Crippen LogP contribution in [0.15, 0.2) is 22.7 Å². The number of hydrogen-bond acceptors (Lipinski definition) is 3. The first-order valence-electron chi connectivity index (χ1n) is 6.34. The maximum Gasteiger partial charge on any atom is 0.120 e. The Morgan fingerprint density at radius 2 is 2.39 bits per heavy atom. The van der Waals surface area contributed by atoms with E-state index < -0.39 is 6.10 Å². The van der Waals surface area contributed by atoms with Gasteiger partial charge in [0.25, 0.3) is 0 Å². The minimum atomic E-state index is -0.450. The summed E-state index contributed by atoms with van der Waals surface area (Å²) >= 11 is 3.47. The van der Waals surface area contributed by atoms with Crippen molar-refractivity contribution in [3.05, 3.63) is 28.2 Å². The van der Waals surface area contributed by atoms with E-state index in [1.807, 2.05) is 18.2 Å². The highest BCUT2D eigenvalue weighted by atomic mass is 79.9. The van der Waals surface area contributed by atoms with Gasteiger partial charge in [0.2, 0.25) is 0 Å². The van der Waals surface area contributed by atoms with Gasteiger partial charge in [-0.15, -0.1) is 0 Å². The number of ether oxygens (including phenoxy) is 2. The topological polar surface area (TPSA) is 38.7 Å². The molecule has 1 fully saturated rings. The number of aliphatic hydroxyl groups is 1. The summed E-state index contributed by atoms with van der Waals surface area (Å²) in [7, 11) is 1.63. The maximum absolute atomic E-state index is 10.2. The van der Waals surface area contributed by atoms with Crippen LogP contribution in [-0.2, 0) is 4.74 Å². The molecule has 1 aliphatic rings. The van der Waals surface area contributed by atoms with E-state index in [-0.39, 0.29) is 0 Å². The van der Waals surface area contributed by atoms with Crippen molar-refractivity contribution in [1.82, 2.24) is 0 Å². The third-order valence-electron chi connectivity index (χ3n) is 3.35. The summed E-state index contributed by atoms with van der Waals surface area (Å²) in [6.45, 7) is 0.868. The summed E-state index contributed by atoms with van der Waals surface area (Å²) in [5, 5.41) is 10.2. The quantitative estimate of drug-likeness (QED) is 0.904. The normalized spacial score (nSPS) is 20.9. The minimum Gasteiger partial charge on any atom is -0.497 e. The van der Waals surface area contributed by atoms with Gasteiger partial charge in [-0.2, -0.15) is 0 Å². The molecular weight excluding hydrogens is 296 g/mol. The van der Waals surface area contributed by atoms with Crippen LogP contribution in [0.4, 0.5) is 0 Å². The maximum atomic E-state index is 10.2. The van der Waals surface area contributed by atoms with E-state index >= 15 is 0 Å². The fourth-order valence-corrected chi connectivity index (χ4v) is 2.90. The van der Waals surface area contributed by atoms with Gasteiger partial charge in [-0.25, -0.2) is 0 Å². The average molecular weight is 315 g/mol. The summed E-state index contributed by atoms with van der Waals surface area (Å²) in [4.78, 5) is 0. The highest BCUT2D eigenvalue weighted by Crippen LogP contribution is 2.31. The van der Waals surface area contributed by atoms with E-state index in [2.05, 4.69) is 15.9 Å². The molecular formula is C14H19BrO3. The molecule has 2 rings (SSSR count). The molecule has 1 N–H and O–H groups in total. The number of rotatable bonds is 5. The van der Waals surface area contributed by atoms with Crippen molar-refractivity contribution in [3.8, 4) is 5.75 Å². The summed E-state index contributed by atoms with van der Waals surface area (Å²) in [5.41, 5.74) is 0.911. The van der Waals surface area contributed by atoms with E-state index in [1.165, 1.54) is 0 Å². The predicted octanol–water partition coefficient (Wildman–Crippen LogP) is 3.45. The van der Waals surface area contributed by atoms with Crippen molar-refractivity contribution >= 4 is 15.9 Å². The Bertz CT molecular complexity index is 389. The Hall–Kier alpha value is -0.580. The van der Waals surface area contributed by atoms with Gasteiger partial charge >= 0.3 is 0 Å². The lowest BCUT2D eigenvalue weighted by atomic mass is 10.0. The molecule has 1 aliphatic heterocycles.